The van der Waals surface area contributed by atoms with Crippen molar-refractivity contribution in [2.45, 2.75) is 0 Å². The summed E-state index contributed by atoms with van der Waals surface area (Å²) in [7, 11) is 0. The van der Waals surface area contributed by atoms with Crippen LogP contribution < -0.4 is 9.80 Å². The van der Waals surface area contributed by atoms with Gasteiger partial charge in [0.2, 0.25) is 5.95 Å². The quantitative estimate of drug-likeness (QED) is 0.717. The SMILES string of the molecule is Clc1cnc(N2CCN(c3ccc(-c4cccs4)nn3)CC2)nc1. The second-order valence-electron chi connectivity index (χ2n) is 5.43. The number of halogens is 1. The number of thiophene rings is 1. The van der Waals surface area contributed by atoms with Crippen LogP contribution in [0.25, 0.3) is 10.6 Å². The molecule has 3 aromatic rings. The fourth-order valence-electron chi connectivity index (χ4n) is 2.65. The summed E-state index contributed by atoms with van der Waals surface area (Å²) in [5.74, 6) is 1.63. The summed E-state index contributed by atoms with van der Waals surface area (Å²) in [5, 5.41) is 11.3. The zero-order valence-electron chi connectivity index (χ0n) is 12.8. The van der Waals surface area contributed by atoms with Crippen molar-refractivity contribution in [3.05, 3.63) is 47.1 Å². The second kappa shape index (κ2) is 6.70. The molecule has 1 saturated heterocycles. The molecule has 1 aliphatic rings. The average molecular weight is 359 g/mol. The zero-order valence-corrected chi connectivity index (χ0v) is 14.4. The van der Waals surface area contributed by atoms with Crippen LogP contribution in [0, 0.1) is 0 Å². The molecule has 4 rings (SSSR count). The van der Waals surface area contributed by atoms with Crippen molar-refractivity contribution >= 4 is 34.7 Å². The summed E-state index contributed by atoms with van der Waals surface area (Å²) in [6, 6.07) is 8.15. The molecule has 1 aliphatic heterocycles. The Hall–Kier alpha value is -2.25. The normalized spacial score (nSPS) is 14.9. The van der Waals surface area contributed by atoms with Gasteiger partial charge in [0, 0.05) is 26.2 Å². The van der Waals surface area contributed by atoms with E-state index in [1.165, 1.54) is 0 Å². The highest BCUT2D eigenvalue weighted by Gasteiger charge is 2.20. The Bertz CT molecular complexity index is 782. The lowest BCUT2D eigenvalue weighted by molar-refractivity contribution is 0.631. The second-order valence-corrected chi connectivity index (χ2v) is 6.81. The summed E-state index contributed by atoms with van der Waals surface area (Å²) in [4.78, 5) is 14.1. The van der Waals surface area contributed by atoms with Crippen molar-refractivity contribution < 1.29 is 0 Å². The van der Waals surface area contributed by atoms with Crippen molar-refractivity contribution in [2.75, 3.05) is 36.0 Å². The summed E-state index contributed by atoms with van der Waals surface area (Å²) in [5.41, 5.74) is 0.918. The molecular formula is C16H15ClN6S. The van der Waals surface area contributed by atoms with E-state index < -0.39 is 0 Å². The molecule has 24 heavy (non-hydrogen) atoms. The van der Waals surface area contributed by atoms with Crippen LogP contribution in [-0.4, -0.2) is 46.3 Å². The van der Waals surface area contributed by atoms with Gasteiger partial charge in [-0.25, -0.2) is 9.97 Å². The molecule has 122 valence electrons. The number of piperazine rings is 1. The van der Waals surface area contributed by atoms with E-state index in [0.717, 1.165) is 48.5 Å². The maximum absolute atomic E-state index is 5.84. The van der Waals surface area contributed by atoms with Gasteiger partial charge in [0.25, 0.3) is 0 Å². The largest absolute Gasteiger partial charge is 0.352 e. The van der Waals surface area contributed by atoms with E-state index in [2.05, 4.69) is 36.0 Å². The maximum Gasteiger partial charge on any atom is 0.225 e. The lowest BCUT2D eigenvalue weighted by Crippen LogP contribution is -2.47. The number of hydrogen-bond donors (Lipinski definition) is 0. The number of hydrogen-bond acceptors (Lipinski definition) is 7. The van der Waals surface area contributed by atoms with Gasteiger partial charge in [-0.3, -0.25) is 0 Å². The summed E-state index contributed by atoms with van der Waals surface area (Å²) < 4.78 is 0. The molecule has 0 radical (unpaired) electrons. The number of aromatic nitrogens is 4. The van der Waals surface area contributed by atoms with E-state index in [-0.39, 0.29) is 0 Å². The van der Waals surface area contributed by atoms with Gasteiger partial charge < -0.3 is 9.80 Å². The minimum Gasteiger partial charge on any atom is -0.352 e. The van der Waals surface area contributed by atoms with Gasteiger partial charge in [-0.1, -0.05) is 17.7 Å². The molecule has 0 unspecified atom stereocenters. The standard InChI is InChI=1S/C16H15ClN6S/c17-12-10-18-16(19-11-12)23-7-5-22(6-8-23)15-4-3-13(20-21-15)14-2-1-9-24-14/h1-4,9-11H,5-8H2. The first kappa shape index (κ1) is 15.3. The molecule has 4 heterocycles. The van der Waals surface area contributed by atoms with Gasteiger partial charge in [0.05, 0.1) is 22.3 Å². The zero-order chi connectivity index (χ0) is 16.4. The molecule has 3 aromatic heterocycles. The van der Waals surface area contributed by atoms with E-state index >= 15 is 0 Å². The number of anilines is 2. The van der Waals surface area contributed by atoms with E-state index in [1.54, 1.807) is 23.7 Å². The first-order valence-electron chi connectivity index (χ1n) is 7.65. The van der Waals surface area contributed by atoms with Gasteiger partial charge in [-0.05, 0) is 23.6 Å². The topological polar surface area (TPSA) is 58.0 Å². The van der Waals surface area contributed by atoms with Crippen LogP contribution >= 0.6 is 22.9 Å². The van der Waals surface area contributed by atoms with Gasteiger partial charge in [-0.15, -0.1) is 21.5 Å². The van der Waals surface area contributed by atoms with Crippen molar-refractivity contribution in [1.29, 1.82) is 0 Å². The van der Waals surface area contributed by atoms with E-state index in [1.807, 2.05) is 23.6 Å². The first-order valence-corrected chi connectivity index (χ1v) is 8.90. The van der Waals surface area contributed by atoms with Crippen LogP contribution in [0.5, 0.6) is 0 Å². The Labute approximate surface area is 148 Å². The van der Waals surface area contributed by atoms with Crippen molar-refractivity contribution in [1.82, 2.24) is 20.2 Å². The van der Waals surface area contributed by atoms with Crippen LogP contribution in [0.3, 0.4) is 0 Å². The highest BCUT2D eigenvalue weighted by Crippen LogP contribution is 2.23. The van der Waals surface area contributed by atoms with Crippen LogP contribution in [0.2, 0.25) is 5.02 Å². The van der Waals surface area contributed by atoms with E-state index in [9.17, 15) is 0 Å². The third-order valence-electron chi connectivity index (χ3n) is 3.92. The Kier molecular flexibility index (Phi) is 4.27. The molecule has 1 fully saturated rings. The Balaban J connectivity index is 1.41. The third-order valence-corrected chi connectivity index (χ3v) is 5.00. The predicted molar refractivity (Wildman–Crippen MR) is 96.8 cm³/mol. The van der Waals surface area contributed by atoms with Crippen molar-refractivity contribution in [2.24, 2.45) is 0 Å². The van der Waals surface area contributed by atoms with Crippen molar-refractivity contribution in [3.8, 4) is 10.6 Å². The molecule has 8 heteroatoms. The lowest BCUT2D eigenvalue weighted by atomic mass is 10.3. The highest BCUT2D eigenvalue weighted by molar-refractivity contribution is 7.13. The average Bonchev–Trinajstić information content (AvgIpc) is 3.17. The molecule has 0 atom stereocenters. The molecular weight excluding hydrogens is 344 g/mol. The lowest BCUT2D eigenvalue weighted by Gasteiger charge is -2.35. The molecule has 0 bridgehead atoms. The van der Waals surface area contributed by atoms with Gasteiger partial charge in [0.1, 0.15) is 5.69 Å². The van der Waals surface area contributed by atoms with Crippen LogP contribution in [-0.2, 0) is 0 Å². The smallest absolute Gasteiger partial charge is 0.225 e. The number of nitrogens with zero attached hydrogens (tertiary/aromatic N) is 6. The summed E-state index contributed by atoms with van der Waals surface area (Å²) >= 11 is 7.51. The van der Waals surface area contributed by atoms with E-state index in [4.69, 9.17) is 11.6 Å². The van der Waals surface area contributed by atoms with Crippen molar-refractivity contribution in [3.63, 3.8) is 0 Å². The fourth-order valence-corrected chi connectivity index (χ4v) is 3.44. The Morgan fingerprint density at radius 1 is 0.917 bits per heavy atom. The fraction of sp³-hybridized carbons (Fsp3) is 0.250. The molecule has 6 nitrogen and oxygen atoms in total. The van der Waals surface area contributed by atoms with E-state index in [0.29, 0.717) is 5.02 Å². The predicted octanol–water partition coefficient (Wildman–Crippen LogP) is 2.98. The molecule has 0 spiro atoms. The molecule has 0 aromatic carbocycles. The third kappa shape index (κ3) is 3.18. The van der Waals surface area contributed by atoms with Gasteiger partial charge in [0.15, 0.2) is 5.82 Å². The van der Waals surface area contributed by atoms with Crippen LogP contribution in [0.1, 0.15) is 0 Å². The Morgan fingerprint density at radius 3 is 2.29 bits per heavy atom. The van der Waals surface area contributed by atoms with Crippen LogP contribution in [0.4, 0.5) is 11.8 Å². The first-order chi connectivity index (χ1) is 11.8. The molecule has 0 aliphatic carbocycles. The minimum absolute atomic E-state index is 0.554. The van der Waals surface area contributed by atoms with Gasteiger partial charge >= 0.3 is 0 Å². The van der Waals surface area contributed by atoms with Gasteiger partial charge in [-0.2, -0.15) is 0 Å². The summed E-state index contributed by atoms with van der Waals surface area (Å²) in [6.07, 6.45) is 3.26. The molecule has 0 amide bonds. The minimum atomic E-state index is 0.554. The summed E-state index contributed by atoms with van der Waals surface area (Å²) in [6.45, 7) is 3.41. The number of rotatable bonds is 3. The Morgan fingerprint density at radius 2 is 1.67 bits per heavy atom. The highest BCUT2D eigenvalue weighted by atomic mass is 35.5. The monoisotopic (exact) mass is 358 g/mol. The molecule has 0 saturated carbocycles. The molecule has 0 N–H and O–H groups in total. The van der Waals surface area contributed by atoms with Crippen LogP contribution in [0.15, 0.2) is 42.0 Å². The maximum atomic E-state index is 5.84.